The average molecular weight is 397 g/mol. The molecule has 0 radical (unpaired) electrons. The van der Waals surface area contributed by atoms with Crippen molar-refractivity contribution in [3.8, 4) is 5.75 Å². The Kier molecular flexibility index (Phi) is 5.31. The predicted molar refractivity (Wildman–Crippen MR) is 104 cm³/mol. The van der Waals surface area contributed by atoms with E-state index in [4.69, 9.17) is 9.47 Å². The fourth-order valence-electron chi connectivity index (χ4n) is 2.71. The van der Waals surface area contributed by atoms with Crippen LogP contribution in [0.25, 0.3) is 0 Å². The zero-order valence-corrected chi connectivity index (χ0v) is 16.0. The SMILES string of the molecule is CC(C)(C)OC(=O)C1=Nc2ccccc2C1NC(=O)Oc1ccc([N+](=O)[O-])cc1. The number of esters is 1. The van der Waals surface area contributed by atoms with E-state index < -0.39 is 28.6 Å². The summed E-state index contributed by atoms with van der Waals surface area (Å²) in [6.07, 6.45) is -0.836. The van der Waals surface area contributed by atoms with Crippen molar-refractivity contribution < 1.29 is 24.0 Å². The molecular weight excluding hydrogens is 378 g/mol. The van der Waals surface area contributed by atoms with Gasteiger partial charge in [-0.25, -0.2) is 14.6 Å². The van der Waals surface area contributed by atoms with Gasteiger partial charge in [-0.15, -0.1) is 0 Å². The number of hydrogen-bond acceptors (Lipinski definition) is 7. The maximum atomic E-state index is 12.6. The van der Waals surface area contributed by atoms with E-state index in [0.717, 1.165) is 0 Å². The number of rotatable bonds is 4. The Morgan fingerprint density at radius 1 is 1.10 bits per heavy atom. The lowest BCUT2D eigenvalue weighted by molar-refractivity contribution is -0.384. The lowest BCUT2D eigenvalue weighted by atomic mass is 10.0. The first-order valence-electron chi connectivity index (χ1n) is 8.78. The predicted octanol–water partition coefficient (Wildman–Crippen LogP) is 3.85. The van der Waals surface area contributed by atoms with Crippen molar-refractivity contribution in [1.82, 2.24) is 5.32 Å². The summed E-state index contributed by atoms with van der Waals surface area (Å²) in [6.45, 7) is 5.20. The van der Waals surface area contributed by atoms with Crippen LogP contribution in [0.1, 0.15) is 32.4 Å². The molecule has 9 heteroatoms. The number of amides is 1. The number of benzene rings is 2. The van der Waals surface area contributed by atoms with E-state index in [0.29, 0.717) is 11.3 Å². The molecule has 1 heterocycles. The van der Waals surface area contributed by atoms with Crippen LogP contribution in [0.5, 0.6) is 5.75 Å². The van der Waals surface area contributed by atoms with Crippen molar-refractivity contribution in [3.63, 3.8) is 0 Å². The Morgan fingerprint density at radius 3 is 2.38 bits per heavy atom. The molecule has 1 aliphatic heterocycles. The Balaban J connectivity index is 1.77. The molecule has 0 saturated carbocycles. The van der Waals surface area contributed by atoms with Crippen LogP contribution in [-0.4, -0.2) is 28.3 Å². The third-order valence-corrected chi connectivity index (χ3v) is 3.89. The number of nitrogens with zero attached hydrogens (tertiary/aromatic N) is 2. The Morgan fingerprint density at radius 2 is 1.76 bits per heavy atom. The van der Waals surface area contributed by atoms with Crippen LogP contribution in [0, 0.1) is 10.1 Å². The van der Waals surface area contributed by atoms with E-state index in [9.17, 15) is 19.7 Å². The van der Waals surface area contributed by atoms with Crippen molar-refractivity contribution in [2.45, 2.75) is 32.4 Å². The molecule has 1 N–H and O–H groups in total. The van der Waals surface area contributed by atoms with Gasteiger partial charge in [0.05, 0.1) is 10.6 Å². The molecule has 0 spiro atoms. The van der Waals surface area contributed by atoms with Crippen molar-refractivity contribution in [3.05, 3.63) is 64.2 Å². The van der Waals surface area contributed by atoms with Gasteiger partial charge in [0, 0.05) is 17.7 Å². The molecule has 3 rings (SSSR count). The van der Waals surface area contributed by atoms with Gasteiger partial charge in [-0.3, -0.25) is 10.1 Å². The van der Waals surface area contributed by atoms with Gasteiger partial charge < -0.3 is 14.8 Å². The Labute approximate surface area is 166 Å². The standard InChI is InChI=1S/C20H19N3O6/c1-20(2,3)29-18(24)17-16(14-6-4-5-7-15(14)21-17)22-19(25)28-13-10-8-12(9-11-13)23(26)27/h4-11,16H,1-3H3,(H,22,25). The van der Waals surface area contributed by atoms with Crippen LogP contribution in [0.2, 0.25) is 0 Å². The van der Waals surface area contributed by atoms with Crippen LogP contribution < -0.4 is 10.1 Å². The molecule has 9 nitrogen and oxygen atoms in total. The number of hydrogen-bond donors (Lipinski definition) is 1. The van der Waals surface area contributed by atoms with Gasteiger partial charge >= 0.3 is 12.1 Å². The summed E-state index contributed by atoms with van der Waals surface area (Å²) >= 11 is 0. The summed E-state index contributed by atoms with van der Waals surface area (Å²) in [7, 11) is 0. The molecule has 0 aliphatic carbocycles. The number of ether oxygens (including phenoxy) is 2. The Hall–Kier alpha value is -3.75. The number of nitro benzene ring substituents is 1. The summed E-state index contributed by atoms with van der Waals surface area (Å²) in [6, 6.07) is 11.2. The zero-order valence-electron chi connectivity index (χ0n) is 16.0. The molecule has 0 saturated heterocycles. The van der Waals surface area contributed by atoms with Crippen molar-refractivity contribution in [1.29, 1.82) is 0 Å². The number of aliphatic imine (C=N–C) groups is 1. The molecule has 1 unspecified atom stereocenters. The smallest absolute Gasteiger partial charge is 0.413 e. The molecule has 29 heavy (non-hydrogen) atoms. The largest absolute Gasteiger partial charge is 0.455 e. The summed E-state index contributed by atoms with van der Waals surface area (Å²) in [4.78, 5) is 39.4. The highest BCUT2D eigenvalue weighted by atomic mass is 16.6. The fourth-order valence-corrected chi connectivity index (χ4v) is 2.71. The van der Waals surface area contributed by atoms with Crippen molar-refractivity contribution in [2.24, 2.45) is 4.99 Å². The van der Waals surface area contributed by atoms with Crippen molar-refractivity contribution >= 4 is 29.1 Å². The molecular formula is C20H19N3O6. The first kappa shape index (κ1) is 20.0. The molecule has 1 aliphatic rings. The van der Waals surface area contributed by atoms with E-state index in [1.807, 2.05) is 0 Å². The topological polar surface area (TPSA) is 120 Å². The van der Waals surface area contributed by atoms with E-state index >= 15 is 0 Å². The molecule has 1 atom stereocenters. The molecule has 0 aromatic heterocycles. The second-order valence-electron chi connectivity index (χ2n) is 7.28. The third-order valence-electron chi connectivity index (χ3n) is 3.89. The third kappa shape index (κ3) is 4.75. The van der Waals surface area contributed by atoms with Gasteiger partial charge in [0.25, 0.3) is 5.69 Å². The number of nitro groups is 1. The quantitative estimate of drug-likeness (QED) is 0.475. The molecule has 2 aromatic carbocycles. The number of carbonyl (C=O) groups excluding carboxylic acids is 2. The minimum Gasteiger partial charge on any atom is -0.455 e. The van der Waals surface area contributed by atoms with Gasteiger partial charge in [-0.2, -0.15) is 0 Å². The van der Waals surface area contributed by atoms with Crippen LogP contribution in [0.15, 0.2) is 53.5 Å². The highest BCUT2D eigenvalue weighted by Gasteiger charge is 2.36. The summed E-state index contributed by atoms with van der Waals surface area (Å²) in [5.41, 5.74) is 0.379. The molecule has 1 amide bonds. The van der Waals surface area contributed by atoms with Gasteiger partial charge in [0.1, 0.15) is 17.4 Å². The van der Waals surface area contributed by atoms with Crippen LogP contribution in [0.3, 0.4) is 0 Å². The summed E-state index contributed by atoms with van der Waals surface area (Å²) in [5, 5.41) is 13.3. The zero-order chi connectivity index (χ0) is 21.2. The van der Waals surface area contributed by atoms with Crippen LogP contribution in [-0.2, 0) is 9.53 Å². The number of carbonyl (C=O) groups is 2. The number of nitrogens with one attached hydrogen (secondary N) is 1. The van der Waals surface area contributed by atoms with Gasteiger partial charge in [0.2, 0.25) is 0 Å². The van der Waals surface area contributed by atoms with Gasteiger partial charge in [0.15, 0.2) is 5.71 Å². The number of non-ortho nitro benzene ring substituents is 1. The number of para-hydroxylation sites is 1. The lowest BCUT2D eigenvalue weighted by Crippen LogP contribution is -2.39. The van der Waals surface area contributed by atoms with Crippen LogP contribution >= 0.6 is 0 Å². The molecule has 0 fully saturated rings. The monoisotopic (exact) mass is 397 g/mol. The van der Waals surface area contributed by atoms with E-state index in [1.54, 1.807) is 45.0 Å². The average Bonchev–Trinajstić information content (AvgIpc) is 2.99. The van der Waals surface area contributed by atoms with Crippen molar-refractivity contribution in [2.75, 3.05) is 0 Å². The highest BCUT2D eigenvalue weighted by Crippen LogP contribution is 2.34. The van der Waals surface area contributed by atoms with E-state index in [-0.39, 0.29) is 17.1 Å². The summed E-state index contributed by atoms with van der Waals surface area (Å²) < 4.78 is 10.6. The second kappa shape index (κ2) is 7.70. The first-order valence-corrected chi connectivity index (χ1v) is 8.78. The minimum atomic E-state index is -0.841. The highest BCUT2D eigenvalue weighted by molar-refractivity contribution is 6.40. The van der Waals surface area contributed by atoms with E-state index in [1.165, 1.54) is 24.3 Å². The minimum absolute atomic E-state index is 0.0433. The van der Waals surface area contributed by atoms with Gasteiger partial charge in [-0.05, 0) is 39.0 Å². The lowest BCUT2D eigenvalue weighted by Gasteiger charge is -2.22. The first-order chi connectivity index (χ1) is 13.6. The fraction of sp³-hybridized carbons (Fsp3) is 0.250. The van der Waals surface area contributed by atoms with Gasteiger partial charge in [-0.1, -0.05) is 18.2 Å². The summed E-state index contributed by atoms with van der Waals surface area (Å²) in [5.74, 6) is -0.524. The van der Waals surface area contributed by atoms with E-state index in [2.05, 4.69) is 10.3 Å². The normalized spacial score (nSPS) is 15.1. The Bertz CT molecular complexity index is 992. The van der Waals surface area contributed by atoms with Crippen LogP contribution in [0.4, 0.5) is 16.2 Å². The molecule has 150 valence electrons. The molecule has 0 bridgehead atoms. The molecule has 2 aromatic rings. The maximum absolute atomic E-state index is 12.6. The second-order valence-corrected chi connectivity index (χ2v) is 7.28. The maximum Gasteiger partial charge on any atom is 0.413 e. The number of fused-ring (bicyclic) bond motifs is 1.